The first-order valence-corrected chi connectivity index (χ1v) is 7.45. The lowest BCUT2D eigenvalue weighted by Crippen LogP contribution is -2.45. The molecule has 1 fully saturated rings. The van der Waals surface area contributed by atoms with Crippen LogP contribution in [0.3, 0.4) is 0 Å². The number of benzene rings is 1. The number of morpholine rings is 1. The van der Waals surface area contributed by atoms with Gasteiger partial charge in [-0.2, -0.15) is 0 Å². The zero-order valence-corrected chi connectivity index (χ0v) is 12.3. The van der Waals surface area contributed by atoms with E-state index in [0.29, 0.717) is 6.04 Å². The van der Waals surface area contributed by atoms with Gasteiger partial charge in [0.25, 0.3) is 0 Å². The van der Waals surface area contributed by atoms with E-state index in [4.69, 9.17) is 16.3 Å². The van der Waals surface area contributed by atoms with Gasteiger partial charge in [0.2, 0.25) is 0 Å². The van der Waals surface area contributed by atoms with Crippen LogP contribution in [0.1, 0.15) is 18.9 Å². The molecule has 0 amide bonds. The molecule has 0 saturated carbocycles. The Bertz CT molecular complexity index is 386. The van der Waals surface area contributed by atoms with Crippen molar-refractivity contribution in [3.8, 4) is 0 Å². The highest BCUT2D eigenvalue weighted by molar-refractivity contribution is 9.08. The summed E-state index contributed by atoms with van der Waals surface area (Å²) in [6.07, 6.45) is 1.10. The largest absolute Gasteiger partial charge is 0.377 e. The van der Waals surface area contributed by atoms with Crippen molar-refractivity contribution < 1.29 is 4.74 Å². The minimum absolute atomic E-state index is 0.467. The van der Waals surface area contributed by atoms with E-state index in [9.17, 15) is 0 Å². The van der Waals surface area contributed by atoms with Gasteiger partial charge in [-0.1, -0.05) is 40.5 Å². The third-order valence-corrected chi connectivity index (χ3v) is 4.17. The molecule has 4 heteroatoms. The molecule has 0 spiro atoms. The highest BCUT2D eigenvalue weighted by atomic mass is 79.9. The number of ether oxygens (including phenoxy) is 1. The first-order valence-electron chi connectivity index (χ1n) is 5.95. The minimum atomic E-state index is 0.467. The predicted octanol–water partition coefficient (Wildman–Crippen LogP) is 3.85. The topological polar surface area (TPSA) is 12.5 Å². The van der Waals surface area contributed by atoms with E-state index in [1.54, 1.807) is 0 Å². The summed E-state index contributed by atoms with van der Waals surface area (Å²) in [6.45, 7) is 4.76. The molecule has 0 aromatic heterocycles. The van der Waals surface area contributed by atoms with Crippen LogP contribution in [0.4, 0.5) is 5.69 Å². The molecule has 0 radical (unpaired) electrons. The van der Waals surface area contributed by atoms with Crippen molar-refractivity contribution >= 4 is 33.2 Å². The van der Waals surface area contributed by atoms with Gasteiger partial charge in [0.15, 0.2) is 0 Å². The SMILES string of the molecule is CCC1COCCN1c1ccc(CBr)c(Cl)c1. The molecule has 1 heterocycles. The van der Waals surface area contributed by atoms with Crippen LogP contribution < -0.4 is 4.90 Å². The van der Waals surface area contributed by atoms with Crippen molar-refractivity contribution in [3.05, 3.63) is 28.8 Å². The third kappa shape index (κ3) is 2.95. The van der Waals surface area contributed by atoms with Crippen LogP contribution in [-0.2, 0) is 10.1 Å². The lowest BCUT2D eigenvalue weighted by Gasteiger charge is -2.37. The Morgan fingerprint density at radius 3 is 3.00 bits per heavy atom. The Balaban J connectivity index is 2.23. The van der Waals surface area contributed by atoms with E-state index >= 15 is 0 Å². The molecule has 1 aliphatic rings. The van der Waals surface area contributed by atoms with Gasteiger partial charge in [-0.05, 0) is 24.1 Å². The summed E-state index contributed by atoms with van der Waals surface area (Å²) in [4.78, 5) is 2.40. The van der Waals surface area contributed by atoms with Crippen LogP contribution >= 0.6 is 27.5 Å². The number of nitrogens with zero attached hydrogens (tertiary/aromatic N) is 1. The summed E-state index contributed by atoms with van der Waals surface area (Å²) in [7, 11) is 0. The number of anilines is 1. The Morgan fingerprint density at radius 1 is 1.53 bits per heavy atom. The fraction of sp³-hybridized carbons (Fsp3) is 0.538. The Kier molecular flexibility index (Phi) is 4.71. The van der Waals surface area contributed by atoms with Gasteiger partial charge in [-0.3, -0.25) is 0 Å². The van der Waals surface area contributed by atoms with Crippen LogP contribution in [0, 0.1) is 0 Å². The van der Waals surface area contributed by atoms with Crippen LogP contribution in [-0.4, -0.2) is 25.8 Å². The maximum Gasteiger partial charge on any atom is 0.0670 e. The number of hydrogen-bond donors (Lipinski definition) is 0. The van der Waals surface area contributed by atoms with Gasteiger partial charge in [-0.25, -0.2) is 0 Å². The molecular formula is C13H17BrClNO. The summed E-state index contributed by atoms with van der Waals surface area (Å²) >= 11 is 9.69. The molecule has 1 unspecified atom stereocenters. The van der Waals surface area contributed by atoms with E-state index in [1.807, 2.05) is 0 Å². The molecule has 94 valence electrons. The summed E-state index contributed by atoms with van der Waals surface area (Å²) < 4.78 is 5.52. The van der Waals surface area contributed by atoms with Crippen LogP contribution in [0.25, 0.3) is 0 Å². The Labute approximate surface area is 116 Å². The molecule has 0 bridgehead atoms. The molecule has 2 rings (SSSR count). The van der Waals surface area contributed by atoms with Crippen LogP contribution in [0.5, 0.6) is 0 Å². The summed E-state index contributed by atoms with van der Waals surface area (Å²) in [5, 5.41) is 1.63. The monoisotopic (exact) mass is 317 g/mol. The molecule has 0 aliphatic carbocycles. The minimum Gasteiger partial charge on any atom is -0.377 e. The van der Waals surface area contributed by atoms with Gasteiger partial charge >= 0.3 is 0 Å². The standard InChI is InChI=1S/C13H17BrClNO/c1-2-11-9-17-6-5-16(11)12-4-3-10(8-14)13(15)7-12/h3-4,7,11H,2,5-6,8-9H2,1H3. The molecule has 1 aromatic rings. The highest BCUT2D eigenvalue weighted by Gasteiger charge is 2.21. The normalized spacial score (nSPS) is 20.6. The van der Waals surface area contributed by atoms with Gasteiger partial charge < -0.3 is 9.64 Å². The lowest BCUT2D eigenvalue weighted by atomic mass is 10.1. The fourth-order valence-electron chi connectivity index (χ4n) is 2.16. The van der Waals surface area contributed by atoms with E-state index in [0.717, 1.165) is 42.1 Å². The first kappa shape index (κ1) is 13.2. The Hall–Kier alpha value is -0.250. The zero-order chi connectivity index (χ0) is 12.3. The molecule has 1 aromatic carbocycles. The van der Waals surface area contributed by atoms with Gasteiger partial charge in [0.1, 0.15) is 0 Å². The van der Waals surface area contributed by atoms with Crippen molar-refractivity contribution in [1.82, 2.24) is 0 Å². The molecule has 1 atom stereocenters. The number of rotatable bonds is 3. The number of hydrogen-bond acceptors (Lipinski definition) is 2. The number of alkyl halides is 1. The molecule has 1 saturated heterocycles. The maximum atomic E-state index is 6.25. The van der Waals surface area contributed by atoms with Gasteiger partial charge in [-0.15, -0.1) is 0 Å². The fourth-order valence-corrected chi connectivity index (χ4v) is 3.05. The quantitative estimate of drug-likeness (QED) is 0.785. The van der Waals surface area contributed by atoms with E-state index in [1.165, 1.54) is 5.69 Å². The third-order valence-electron chi connectivity index (χ3n) is 3.21. The van der Waals surface area contributed by atoms with Gasteiger partial charge in [0, 0.05) is 22.6 Å². The van der Waals surface area contributed by atoms with Crippen molar-refractivity contribution in [3.63, 3.8) is 0 Å². The first-order chi connectivity index (χ1) is 8.26. The second-order valence-corrected chi connectivity index (χ2v) is 5.21. The lowest BCUT2D eigenvalue weighted by molar-refractivity contribution is 0.0930. The van der Waals surface area contributed by atoms with Crippen molar-refractivity contribution in [1.29, 1.82) is 0 Å². The van der Waals surface area contributed by atoms with E-state index < -0.39 is 0 Å². The molecular weight excluding hydrogens is 302 g/mol. The molecule has 0 N–H and O–H groups in total. The highest BCUT2D eigenvalue weighted by Crippen LogP contribution is 2.28. The summed E-state index contributed by atoms with van der Waals surface area (Å²) in [5.41, 5.74) is 2.34. The molecule has 17 heavy (non-hydrogen) atoms. The zero-order valence-electron chi connectivity index (χ0n) is 9.96. The molecule has 1 aliphatic heterocycles. The number of halogens is 2. The maximum absolute atomic E-state index is 6.25. The predicted molar refractivity (Wildman–Crippen MR) is 76.3 cm³/mol. The summed E-state index contributed by atoms with van der Waals surface area (Å²) in [6, 6.07) is 6.77. The Morgan fingerprint density at radius 2 is 2.35 bits per heavy atom. The average molecular weight is 319 g/mol. The van der Waals surface area contributed by atoms with Crippen molar-refractivity contribution in [2.45, 2.75) is 24.7 Å². The summed E-state index contributed by atoms with van der Waals surface area (Å²) in [5.74, 6) is 0. The second kappa shape index (κ2) is 6.07. The van der Waals surface area contributed by atoms with E-state index in [2.05, 4.69) is 46.0 Å². The van der Waals surface area contributed by atoms with Crippen LogP contribution in [0.15, 0.2) is 18.2 Å². The second-order valence-electron chi connectivity index (χ2n) is 4.24. The van der Waals surface area contributed by atoms with Crippen LogP contribution in [0.2, 0.25) is 5.02 Å². The van der Waals surface area contributed by atoms with Crippen molar-refractivity contribution in [2.24, 2.45) is 0 Å². The smallest absolute Gasteiger partial charge is 0.0670 e. The van der Waals surface area contributed by atoms with Gasteiger partial charge in [0.05, 0.1) is 19.3 Å². The molecule has 2 nitrogen and oxygen atoms in total. The van der Waals surface area contributed by atoms with E-state index in [-0.39, 0.29) is 0 Å². The van der Waals surface area contributed by atoms with Crippen molar-refractivity contribution in [2.75, 3.05) is 24.7 Å². The average Bonchev–Trinajstić information content (AvgIpc) is 2.38.